The van der Waals surface area contributed by atoms with Crippen LogP contribution in [0.1, 0.15) is 51.4 Å². The van der Waals surface area contributed by atoms with Crippen LogP contribution in [0.2, 0.25) is 0 Å². The van der Waals surface area contributed by atoms with Crippen molar-refractivity contribution in [3.8, 4) is 0 Å². The lowest BCUT2D eigenvalue weighted by Crippen LogP contribution is -2.40. The Balaban J connectivity index is 2.02. The third-order valence-corrected chi connectivity index (χ3v) is 4.39. The van der Waals surface area contributed by atoms with E-state index in [1.807, 2.05) is 0 Å². The maximum Gasteiger partial charge on any atom is 0.0646 e. The molecule has 0 aromatic carbocycles. The first-order valence-electron chi connectivity index (χ1n) is 6.07. The average Bonchev–Trinajstić information content (AvgIpc) is 2.89. The Kier molecular flexibility index (Phi) is 3.13. The molecule has 14 heavy (non-hydrogen) atoms. The van der Waals surface area contributed by atoms with E-state index >= 15 is 0 Å². The van der Waals surface area contributed by atoms with Gasteiger partial charge in [0.15, 0.2) is 0 Å². The molecule has 0 saturated heterocycles. The molecule has 0 bridgehead atoms. The molecule has 0 aromatic rings. The van der Waals surface area contributed by atoms with Crippen LogP contribution in [-0.2, 0) is 0 Å². The quantitative estimate of drug-likeness (QED) is 0.729. The van der Waals surface area contributed by atoms with E-state index in [1.54, 1.807) is 0 Å². The second-order valence-corrected chi connectivity index (χ2v) is 5.22. The first-order valence-corrected chi connectivity index (χ1v) is 6.07. The largest absolute Gasteiger partial charge is 0.396 e. The molecule has 0 aromatic heterocycles. The first-order chi connectivity index (χ1) is 6.78. The molecule has 2 aliphatic rings. The van der Waals surface area contributed by atoms with E-state index in [0.29, 0.717) is 5.92 Å². The highest BCUT2D eigenvalue weighted by Crippen LogP contribution is 2.46. The van der Waals surface area contributed by atoms with Gasteiger partial charge in [-0.05, 0) is 31.6 Å². The molecule has 0 spiro atoms. The van der Waals surface area contributed by atoms with E-state index in [4.69, 9.17) is 0 Å². The van der Waals surface area contributed by atoms with E-state index < -0.39 is 0 Å². The number of aliphatic hydroxyl groups excluding tert-OH is 2. The van der Waals surface area contributed by atoms with Crippen molar-refractivity contribution >= 4 is 0 Å². The Hall–Kier alpha value is -0.0800. The minimum absolute atomic E-state index is 0.130. The zero-order valence-electron chi connectivity index (χ0n) is 8.91. The molecule has 2 heteroatoms. The summed E-state index contributed by atoms with van der Waals surface area (Å²) in [6, 6.07) is 0. The van der Waals surface area contributed by atoms with Crippen molar-refractivity contribution in [1.29, 1.82) is 0 Å². The second-order valence-electron chi connectivity index (χ2n) is 5.22. The van der Waals surface area contributed by atoms with Gasteiger partial charge in [-0.1, -0.05) is 25.7 Å². The van der Waals surface area contributed by atoms with Gasteiger partial charge >= 0.3 is 0 Å². The average molecular weight is 198 g/mol. The summed E-state index contributed by atoms with van der Waals surface area (Å²) in [6.45, 7) is 0.185. The number of rotatable bonds is 3. The summed E-state index contributed by atoms with van der Waals surface area (Å²) in [5, 5.41) is 19.8. The van der Waals surface area contributed by atoms with Crippen LogP contribution in [0.4, 0.5) is 0 Å². The van der Waals surface area contributed by atoms with Gasteiger partial charge in [-0.3, -0.25) is 0 Å². The van der Waals surface area contributed by atoms with Crippen LogP contribution in [0.15, 0.2) is 0 Å². The molecular formula is C12H22O2. The summed E-state index contributed by atoms with van der Waals surface area (Å²) >= 11 is 0. The normalized spacial score (nSPS) is 29.6. The van der Waals surface area contributed by atoms with Gasteiger partial charge in [0.05, 0.1) is 12.7 Å². The van der Waals surface area contributed by atoms with Gasteiger partial charge in [0.25, 0.3) is 0 Å². The fourth-order valence-corrected chi connectivity index (χ4v) is 3.40. The molecule has 1 unspecified atom stereocenters. The molecule has 0 radical (unpaired) electrons. The predicted molar refractivity (Wildman–Crippen MR) is 56.0 cm³/mol. The van der Waals surface area contributed by atoms with E-state index in [1.165, 1.54) is 38.5 Å². The number of hydrogen-bond acceptors (Lipinski definition) is 2. The minimum atomic E-state index is -0.238. The Morgan fingerprint density at radius 3 is 2.14 bits per heavy atom. The molecule has 0 amide bonds. The lowest BCUT2D eigenvalue weighted by molar-refractivity contribution is -0.0465. The van der Waals surface area contributed by atoms with Crippen LogP contribution in [0, 0.1) is 11.3 Å². The lowest BCUT2D eigenvalue weighted by atomic mass is 9.75. The van der Waals surface area contributed by atoms with Gasteiger partial charge in [-0.2, -0.15) is 0 Å². The Labute approximate surface area is 86.3 Å². The highest BCUT2D eigenvalue weighted by Gasteiger charge is 2.43. The minimum Gasteiger partial charge on any atom is -0.396 e. The van der Waals surface area contributed by atoms with E-state index in [2.05, 4.69) is 0 Å². The molecule has 82 valence electrons. The van der Waals surface area contributed by atoms with Gasteiger partial charge < -0.3 is 10.2 Å². The molecule has 0 heterocycles. The molecule has 2 aliphatic carbocycles. The van der Waals surface area contributed by atoms with Gasteiger partial charge in [0.2, 0.25) is 0 Å². The maximum absolute atomic E-state index is 10.3. The Morgan fingerprint density at radius 2 is 1.64 bits per heavy atom. The zero-order chi connectivity index (χ0) is 10.0. The van der Waals surface area contributed by atoms with Crippen LogP contribution in [0.25, 0.3) is 0 Å². The first kappa shape index (κ1) is 10.4. The number of aliphatic hydroxyl groups is 2. The Bertz CT molecular complexity index is 179. The SMILES string of the molecule is OCC1(C(O)C2CCCC2)CCCC1. The van der Waals surface area contributed by atoms with Crippen molar-refractivity contribution in [2.75, 3.05) is 6.61 Å². The molecule has 0 aliphatic heterocycles. The van der Waals surface area contributed by atoms with E-state index in [9.17, 15) is 10.2 Å². The molecule has 2 fully saturated rings. The topological polar surface area (TPSA) is 40.5 Å². The van der Waals surface area contributed by atoms with Crippen molar-refractivity contribution in [2.45, 2.75) is 57.5 Å². The molecule has 1 atom stereocenters. The smallest absolute Gasteiger partial charge is 0.0646 e. The highest BCUT2D eigenvalue weighted by molar-refractivity contribution is 4.94. The number of hydrogen-bond donors (Lipinski definition) is 2. The molecular weight excluding hydrogens is 176 g/mol. The summed E-state index contributed by atoms with van der Waals surface area (Å²) in [7, 11) is 0. The van der Waals surface area contributed by atoms with Crippen LogP contribution in [0.3, 0.4) is 0 Å². The maximum atomic E-state index is 10.3. The zero-order valence-corrected chi connectivity index (χ0v) is 8.91. The van der Waals surface area contributed by atoms with Gasteiger partial charge in [-0.15, -0.1) is 0 Å². The highest BCUT2D eigenvalue weighted by atomic mass is 16.3. The summed E-state index contributed by atoms with van der Waals surface area (Å²) in [5.41, 5.74) is -0.130. The second kappa shape index (κ2) is 4.19. The lowest BCUT2D eigenvalue weighted by Gasteiger charge is -2.36. The van der Waals surface area contributed by atoms with Gasteiger partial charge in [0, 0.05) is 5.41 Å². The summed E-state index contributed by atoms with van der Waals surface area (Å²) in [5.74, 6) is 0.472. The molecule has 2 N–H and O–H groups in total. The third-order valence-electron chi connectivity index (χ3n) is 4.39. The summed E-state index contributed by atoms with van der Waals surface area (Å²) in [6.07, 6.45) is 9.06. The molecule has 2 rings (SSSR count). The van der Waals surface area contributed by atoms with Crippen LogP contribution in [0.5, 0.6) is 0 Å². The third kappa shape index (κ3) is 1.70. The van der Waals surface area contributed by atoms with Crippen LogP contribution in [-0.4, -0.2) is 22.9 Å². The fraction of sp³-hybridized carbons (Fsp3) is 1.00. The van der Waals surface area contributed by atoms with Gasteiger partial charge in [0.1, 0.15) is 0 Å². The monoisotopic (exact) mass is 198 g/mol. The van der Waals surface area contributed by atoms with Crippen molar-refractivity contribution in [1.82, 2.24) is 0 Å². The summed E-state index contributed by atoms with van der Waals surface area (Å²) < 4.78 is 0. The van der Waals surface area contributed by atoms with Gasteiger partial charge in [-0.25, -0.2) is 0 Å². The summed E-state index contributed by atoms with van der Waals surface area (Å²) in [4.78, 5) is 0. The molecule has 2 saturated carbocycles. The van der Waals surface area contributed by atoms with Crippen molar-refractivity contribution in [3.05, 3.63) is 0 Å². The fourth-order valence-electron chi connectivity index (χ4n) is 3.40. The van der Waals surface area contributed by atoms with Crippen molar-refractivity contribution < 1.29 is 10.2 Å². The Morgan fingerprint density at radius 1 is 1.07 bits per heavy atom. The standard InChI is InChI=1S/C12H22O2/c13-9-12(7-3-4-8-12)11(14)10-5-1-2-6-10/h10-11,13-14H,1-9H2. The molecule has 2 nitrogen and oxygen atoms in total. The van der Waals surface area contributed by atoms with Crippen molar-refractivity contribution in [2.24, 2.45) is 11.3 Å². The van der Waals surface area contributed by atoms with Crippen LogP contribution >= 0.6 is 0 Å². The van der Waals surface area contributed by atoms with E-state index in [0.717, 1.165) is 12.8 Å². The van der Waals surface area contributed by atoms with Crippen LogP contribution < -0.4 is 0 Å². The predicted octanol–water partition coefficient (Wildman–Crippen LogP) is 2.09. The van der Waals surface area contributed by atoms with E-state index in [-0.39, 0.29) is 18.1 Å². The van der Waals surface area contributed by atoms with Crippen molar-refractivity contribution in [3.63, 3.8) is 0 Å².